The van der Waals surface area contributed by atoms with E-state index >= 15 is 0 Å². The van der Waals surface area contributed by atoms with Crippen LogP contribution in [-0.2, 0) is 23.9 Å². The number of amides is 3. The van der Waals surface area contributed by atoms with Crippen molar-refractivity contribution in [3.63, 3.8) is 0 Å². The Morgan fingerprint density at radius 1 is 1.08 bits per heavy atom. The van der Waals surface area contributed by atoms with Crippen LogP contribution in [-0.4, -0.2) is 42.9 Å². The van der Waals surface area contributed by atoms with Crippen molar-refractivity contribution < 1.29 is 25.3 Å². The van der Waals surface area contributed by atoms with Crippen LogP contribution in [0.1, 0.15) is 66.6 Å². The number of ether oxygens (including phenoxy) is 1. The van der Waals surface area contributed by atoms with E-state index in [0.717, 1.165) is 25.7 Å². The predicted octanol–water partition coefficient (Wildman–Crippen LogP) is 0.775. The highest BCUT2D eigenvalue weighted by Crippen LogP contribution is 2.06. The highest BCUT2D eigenvalue weighted by Gasteiger charge is 2.24. The zero-order chi connectivity index (χ0) is 19.9. The number of carbonyl (C=O) groups is 4. The van der Waals surface area contributed by atoms with E-state index in [4.69, 9.17) is 7.10 Å². The maximum atomic E-state index is 12.3. The molecular formula is C17H31N3O5. The van der Waals surface area contributed by atoms with Gasteiger partial charge < -0.3 is 21.1 Å². The number of unbranched alkanes of at least 4 members (excludes halogenated alkanes) is 4. The normalized spacial score (nSPS) is 13.3. The summed E-state index contributed by atoms with van der Waals surface area (Å²) in [5.41, 5.74) is 5.11. The number of rotatable bonds is 13. The van der Waals surface area contributed by atoms with Crippen molar-refractivity contribution in [1.29, 1.82) is 0 Å². The summed E-state index contributed by atoms with van der Waals surface area (Å²) in [5, 5.41) is 5.05. The zero-order valence-electron chi connectivity index (χ0n) is 16.1. The number of hydrogen-bond acceptors (Lipinski definition) is 5. The first-order valence-corrected chi connectivity index (χ1v) is 8.56. The molecular weight excluding hydrogens is 326 g/mol. The standard InChI is InChI=1S/C17H31N3O5/c1-4-5-6-7-8-9-15(22)20-13(10-11-14(18)21)16(23)19-12(2)17(24)25-3/h12-13H,4-11H2,1-3H3,(H2,18,21)(H,19,23)(H,20,22)/t12-,13-/m0/s1/i1D. The Hall–Kier alpha value is -2.12. The lowest BCUT2D eigenvalue weighted by Crippen LogP contribution is -2.51. The van der Waals surface area contributed by atoms with Gasteiger partial charge in [0.1, 0.15) is 12.1 Å². The van der Waals surface area contributed by atoms with Gasteiger partial charge in [-0.3, -0.25) is 14.4 Å². The molecule has 2 atom stereocenters. The van der Waals surface area contributed by atoms with E-state index in [1.807, 2.05) is 0 Å². The van der Waals surface area contributed by atoms with Crippen LogP contribution in [0.15, 0.2) is 0 Å². The van der Waals surface area contributed by atoms with Gasteiger partial charge in [0, 0.05) is 14.2 Å². The maximum Gasteiger partial charge on any atom is 0.328 e. The molecule has 0 aliphatic rings. The summed E-state index contributed by atoms with van der Waals surface area (Å²) >= 11 is 0. The van der Waals surface area contributed by atoms with Gasteiger partial charge in [-0.05, 0) is 19.8 Å². The van der Waals surface area contributed by atoms with Crippen LogP contribution in [0.3, 0.4) is 0 Å². The van der Waals surface area contributed by atoms with Crippen LogP contribution in [0.4, 0.5) is 0 Å². The molecule has 0 unspecified atom stereocenters. The quantitative estimate of drug-likeness (QED) is 0.331. The Balaban J connectivity index is 4.47. The minimum Gasteiger partial charge on any atom is -0.467 e. The van der Waals surface area contributed by atoms with Crippen molar-refractivity contribution in [2.75, 3.05) is 7.11 Å². The molecule has 0 fully saturated rings. The average molecular weight is 358 g/mol. The number of methoxy groups -OCH3 is 1. The molecule has 0 saturated carbocycles. The van der Waals surface area contributed by atoms with Crippen LogP contribution >= 0.6 is 0 Å². The van der Waals surface area contributed by atoms with E-state index in [2.05, 4.69) is 15.4 Å². The van der Waals surface area contributed by atoms with Crippen molar-refractivity contribution >= 4 is 23.7 Å². The fraction of sp³-hybridized carbons (Fsp3) is 0.765. The molecule has 144 valence electrons. The fourth-order valence-electron chi connectivity index (χ4n) is 2.19. The summed E-state index contributed by atoms with van der Waals surface area (Å²) < 4.78 is 11.6. The van der Waals surface area contributed by atoms with Crippen molar-refractivity contribution in [1.82, 2.24) is 10.6 Å². The first-order chi connectivity index (χ1) is 12.3. The Morgan fingerprint density at radius 2 is 1.76 bits per heavy atom. The molecule has 4 N–H and O–H groups in total. The molecule has 8 heteroatoms. The number of esters is 1. The summed E-state index contributed by atoms with van der Waals surface area (Å²) in [5.74, 6) is -2.03. The molecule has 0 aromatic rings. The third-order valence-corrected chi connectivity index (χ3v) is 3.65. The van der Waals surface area contributed by atoms with E-state index in [-0.39, 0.29) is 25.2 Å². The predicted molar refractivity (Wildman–Crippen MR) is 93.4 cm³/mol. The SMILES string of the molecule is [2H]CCCCCCCC(=O)N[C@@H](CCC(N)=O)C(=O)N[C@@H](C)C(=O)OC. The van der Waals surface area contributed by atoms with Crippen molar-refractivity contribution in [2.24, 2.45) is 5.73 Å². The molecule has 25 heavy (non-hydrogen) atoms. The van der Waals surface area contributed by atoms with Crippen molar-refractivity contribution in [3.05, 3.63) is 0 Å². The second-order valence-corrected chi connectivity index (χ2v) is 5.90. The molecule has 0 bridgehead atoms. The van der Waals surface area contributed by atoms with Gasteiger partial charge in [-0.2, -0.15) is 0 Å². The third kappa shape index (κ3) is 11.1. The molecule has 0 radical (unpaired) electrons. The number of hydrogen-bond donors (Lipinski definition) is 3. The molecule has 0 heterocycles. The number of nitrogens with two attached hydrogens (primary N) is 1. The van der Waals surface area contributed by atoms with Gasteiger partial charge in [-0.25, -0.2) is 4.79 Å². The van der Waals surface area contributed by atoms with Gasteiger partial charge >= 0.3 is 5.97 Å². The lowest BCUT2D eigenvalue weighted by Gasteiger charge is -2.20. The summed E-state index contributed by atoms with van der Waals surface area (Å²) in [4.78, 5) is 46.7. The summed E-state index contributed by atoms with van der Waals surface area (Å²) in [6, 6.07) is -1.80. The van der Waals surface area contributed by atoms with Crippen LogP contribution < -0.4 is 16.4 Å². The molecule has 0 aromatic heterocycles. The van der Waals surface area contributed by atoms with Gasteiger partial charge in [0.05, 0.1) is 7.11 Å². The van der Waals surface area contributed by atoms with Crippen LogP contribution in [0.25, 0.3) is 0 Å². The lowest BCUT2D eigenvalue weighted by molar-refractivity contribution is -0.144. The van der Waals surface area contributed by atoms with Crippen LogP contribution in [0.2, 0.25) is 0 Å². The molecule has 0 spiro atoms. The topological polar surface area (TPSA) is 128 Å². The second-order valence-electron chi connectivity index (χ2n) is 5.90. The number of nitrogens with one attached hydrogen (secondary N) is 2. The fourth-order valence-corrected chi connectivity index (χ4v) is 2.19. The van der Waals surface area contributed by atoms with E-state index in [1.54, 1.807) is 0 Å². The second kappa shape index (κ2) is 13.2. The molecule has 8 nitrogen and oxygen atoms in total. The van der Waals surface area contributed by atoms with Gasteiger partial charge in [0.15, 0.2) is 0 Å². The summed E-state index contributed by atoms with van der Waals surface area (Å²) in [6.07, 6.45) is 4.64. The molecule has 0 aliphatic carbocycles. The van der Waals surface area contributed by atoms with Crippen LogP contribution in [0, 0.1) is 0 Å². The van der Waals surface area contributed by atoms with Gasteiger partial charge in [-0.15, -0.1) is 0 Å². The Labute approximate surface area is 150 Å². The molecule has 0 rings (SSSR count). The van der Waals surface area contributed by atoms with E-state index < -0.39 is 29.9 Å². The van der Waals surface area contributed by atoms with Gasteiger partial charge in [0.25, 0.3) is 0 Å². The minimum absolute atomic E-state index is 0.0574. The van der Waals surface area contributed by atoms with Crippen molar-refractivity contribution in [3.8, 4) is 0 Å². The van der Waals surface area contributed by atoms with Gasteiger partial charge in [-0.1, -0.05) is 32.6 Å². The van der Waals surface area contributed by atoms with E-state index in [9.17, 15) is 19.2 Å². The highest BCUT2D eigenvalue weighted by molar-refractivity contribution is 5.91. The van der Waals surface area contributed by atoms with Gasteiger partial charge in [0.2, 0.25) is 17.7 Å². The summed E-state index contributed by atoms with van der Waals surface area (Å²) in [6.45, 7) is 1.88. The Morgan fingerprint density at radius 3 is 2.36 bits per heavy atom. The first kappa shape index (κ1) is 20.9. The minimum atomic E-state index is -0.939. The summed E-state index contributed by atoms with van der Waals surface area (Å²) in [7, 11) is 1.21. The molecule has 0 aromatic carbocycles. The van der Waals surface area contributed by atoms with Crippen molar-refractivity contribution in [2.45, 2.75) is 77.3 Å². The van der Waals surface area contributed by atoms with E-state index in [1.165, 1.54) is 14.0 Å². The lowest BCUT2D eigenvalue weighted by atomic mass is 10.1. The molecule has 0 saturated heterocycles. The molecule has 0 aliphatic heterocycles. The monoisotopic (exact) mass is 358 g/mol. The smallest absolute Gasteiger partial charge is 0.328 e. The first-order valence-electron chi connectivity index (χ1n) is 9.27. The highest BCUT2D eigenvalue weighted by atomic mass is 16.5. The van der Waals surface area contributed by atoms with E-state index in [0.29, 0.717) is 13.3 Å². The average Bonchev–Trinajstić information content (AvgIpc) is 2.60. The number of carbonyl (C=O) groups excluding carboxylic acids is 4. The zero-order valence-corrected chi connectivity index (χ0v) is 15.1. The largest absolute Gasteiger partial charge is 0.467 e. The Kier molecular flexibility index (Phi) is 11.0. The van der Waals surface area contributed by atoms with Crippen LogP contribution in [0.5, 0.6) is 0 Å². The number of primary amides is 1. The molecule has 3 amide bonds. The third-order valence-electron chi connectivity index (χ3n) is 3.65. The Bertz CT molecular complexity index is 473. The maximum absolute atomic E-state index is 12.3.